The van der Waals surface area contributed by atoms with Gasteiger partial charge in [-0.1, -0.05) is 19.3 Å². The second-order valence-electron chi connectivity index (χ2n) is 4.99. The van der Waals surface area contributed by atoms with Gasteiger partial charge < -0.3 is 10.8 Å². The van der Waals surface area contributed by atoms with Gasteiger partial charge in [0.15, 0.2) is 0 Å². The van der Waals surface area contributed by atoms with Gasteiger partial charge in [-0.2, -0.15) is 0 Å². The first kappa shape index (κ1) is 9.97. The minimum Gasteiger partial charge on any atom is -0.481 e. The third kappa shape index (κ3) is 1.44. The largest absolute Gasteiger partial charge is 0.481 e. The highest BCUT2D eigenvalue weighted by Crippen LogP contribution is 2.58. The number of carbonyl (C=O) groups is 1. The summed E-state index contributed by atoms with van der Waals surface area (Å²) in [4.78, 5) is 10.8. The van der Waals surface area contributed by atoms with E-state index in [2.05, 4.69) is 0 Å². The van der Waals surface area contributed by atoms with E-state index in [1.807, 2.05) is 0 Å². The van der Waals surface area contributed by atoms with Gasteiger partial charge in [-0.25, -0.2) is 0 Å². The smallest absolute Gasteiger partial charge is 0.303 e. The molecule has 2 rings (SSSR count). The molecule has 2 fully saturated rings. The van der Waals surface area contributed by atoms with Crippen molar-refractivity contribution < 1.29 is 9.90 Å². The van der Waals surface area contributed by atoms with Crippen LogP contribution in [0, 0.1) is 17.3 Å². The first-order valence-corrected chi connectivity index (χ1v) is 5.60. The van der Waals surface area contributed by atoms with Crippen LogP contribution in [0.1, 0.15) is 38.5 Å². The zero-order valence-corrected chi connectivity index (χ0v) is 8.54. The summed E-state index contributed by atoms with van der Waals surface area (Å²) in [6, 6.07) is 0. The summed E-state index contributed by atoms with van der Waals surface area (Å²) in [6.07, 6.45) is 6.43. The fourth-order valence-corrected chi connectivity index (χ4v) is 3.58. The van der Waals surface area contributed by atoms with E-state index in [9.17, 15) is 4.79 Å². The number of nitrogens with two attached hydrogens (primary N) is 1. The van der Waals surface area contributed by atoms with Crippen LogP contribution in [0.25, 0.3) is 0 Å². The van der Waals surface area contributed by atoms with Crippen molar-refractivity contribution in [2.75, 3.05) is 6.54 Å². The van der Waals surface area contributed by atoms with Crippen LogP contribution in [0.4, 0.5) is 0 Å². The summed E-state index contributed by atoms with van der Waals surface area (Å²) < 4.78 is 0. The van der Waals surface area contributed by atoms with Gasteiger partial charge in [0.2, 0.25) is 0 Å². The lowest BCUT2D eigenvalue weighted by atomic mass is 9.48. The van der Waals surface area contributed by atoms with E-state index in [-0.39, 0.29) is 11.8 Å². The maximum atomic E-state index is 10.8. The average Bonchev–Trinajstić information content (AvgIpc) is 2.13. The molecule has 80 valence electrons. The topological polar surface area (TPSA) is 63.3 Å². The Kier molecular flexibility index (Phi) is 2.52. The van der Waals surface area contributed by atoms with Gasteiger partial charge in [-0.05, 0) is 36.6 Å². The molecule has 3 heteroatoms. The van der Waals surface area contributed by atoms with Crippen molar-refractivity contribution in [3.05, 3.63) is 0 Å². The molecule has 0 aromatic rings. The third-order valence-electron chi connectivity index (χ3n) is 4.27. The predicted molar refractivity (Wildman–Crippen MR) is 53.8 cm³/mol. The number of hydrogen-bond donors (Lipinski definition) is 2. The van der Waals surface area contributed by atoms with E-state index in [1.165, 1.54) is 25.7 Å². The Morgan fingerprint density at radius 3 is 2.71 bits per heavy atom. The van der Waals surface area contributed by atoms with Crippen LogP contribution in [0.15, 0.2) is 0 Å². The summed E-state index contributed by atoms with van der Waals surface area (Å²) >= 11 is 0. The van der Waals surface area contributed by atoms with Crippen molar-refractivity contribution in [3.63, 3.8) is 0 Å². The average molecular weight is 197 g/mol. The maximum Gasteiger partial charge on any atom is 0.303 e. The molecule has 14 heavy (non-hydrogen) atoms. The quantitative estimate of drug-likeness (QED) is 0.722. The molecule has 0 amide bonds. The summed E-state index contributed by atoms with van der Waals surface area (Å²) in [5, 5.41) is 8.88. The van der Waals surface area contributed by atoms with Gasteiger partial charge in [0, 0.05) is 0 Å². The Morgan fingerprint density at radius 2 is 2.14 bits per heavy atom. The fraction of sp³-hybridized carbons (Fsp3) is 0.909. The van der Waals surface area contributed by atoms with Crippen LogP contribution in [-0.4, -0.2) is 17.6 Å². The highest BCUT2D eigenvalue weighted by atomic mass is 16.4. The molecular weight excluding hydrogens is 178 g/mol. The maximum absolute atomic E-state index is 10.8. The molecule has 0 aromatic carbocycles. The highest BCUT2D eigenvalue weighted by molar-refractivity contribution is 5.68. The minimum atomic E-state index is -0.681. The molecular formula is C11H19NO2. The number of rotatable bonds is 3. The third-order valence-corrected chi connectivity index (χ3v) is 4.27. The van der Waals surface area contributed by atoms with Gasteiger partial charge in [0.1, 0.15) is 0 Å². The number of aliphatic carboxylic acids is 1. The highest BCUT2D eigenvalue weighted by Gasteiger charge is 2.53. The van der Waals surface area contributed by atoms with Gasteiger partial charge in [0.25, 0.3) is 0 Å². The molecule has 2 aliphatic carbocycles. The monoisotopic (exact) mass is 197 g/mol. The van der Waals surface area contributed by atoms with Gasteiger partial charge in [-0.15, -0.1) is 0 Å². The Bertz CT molecular complexity index is 241. The normalized spacial score (nSPS) is 41.2. The second-order valence-corrected chi connectivity index (χ2v) is 4.99. The van der Waals surface area contributed by atoms with E-state index in [0.29, 0.717) is 12.5 Å². The molecule has 1 unspecified atom stereocenters. The number of carboxylic acids is 1. The van der Waals surface area contributed by atoms with Crippen molar-refractivity contribution in [2.45, 2.75) is 38.5 Å². The standard InChI is InChI=1S/C11H19NO2/c12-7-11(6-10(13)14)5-8-3-1-2-4-9(8)11/h8-9H,1-7,12H2,(H,13,14)/t8?,9-,11+/m1/s1. The first-order chi connectivity index (χ1) is 6.68. The molecule has 0 radical (unpaired) electrons. The van der Waals surface area contributed by atoms with Crippen molar-refractivity contribution in [2.24, 2.45) is 23.0 Å². The zero-order chi connectivity index (χ0) is 10.2. The van der Waals surface area contributed by atoms with Crippen molar-refractivity contribution in [1.82, 2.24) is 0 Å². The molecule has 0 bridgehead atoms. The van der Waals surface area contributed by atoms with Crippen molar-refractivity contribution in [1.29, 1.82) is 0 Å². The fourth-order valence-electron chi connectivity index (χ4n) is 3.58. The van der Waals surface area contributed by atoms with E-state index in [4.69, 9.17) is 10.8 Å². The van der Waals surface area contributed by atoms with Crippen LogP contribution in [0.2, 0.25) is 0 Å². The molecule has 3 atom stereocenters. The van der Waals surface area contributed by atoms with Gasteiger partial charge in [0.05, 0.1) is 6.42 Å². The summed E-state index contributed by atoms with van der Waals surface area (Å²) in [5.74, 6) is 0.712. The van der Waals surface area contributed by atoms with Crippen molar-refractivity contribution >= 4 is 5.97 Å². The van der Waals surface area contributed by atoms with E-state index >= 15 is 0 Å². The Hall–Kier alpha value is -0.570. The van der Waals surface area contributed by atoms with Crippen LogP contribution in [0.3, 0.4) is 0 Å². The Labute approximate surface area is 84.7 Å². The SMILES string of the molecule is NC[C@@]1(CC(=O)O)CC2CCCC[C@H]21. The molecule has 0 aliphatic heterocycles. The molecule has 3 N–H and O–H groups in total. The van der Waals surface area contributed by atoms with Crippen molar-refractivity contribution in [3.8, 4) is 0 Å². The van der Waals surface area contributed by atoms with Crippen LogP contribution in [-0.2, 0) is 4.79 Å². The summed E-state index contributed by atoms with van der Waals surface area (Å²) in [7, 11) is 0. The molecule has 2 aliphatic rings. The number of hydrogen-bond acceptors (Lipinski definition) is 2. The molecule has 3 nitrogen and oxygen atoms in total. The molecule has 0 aromatic heterocycles. The van der Waals surface area contributed by atoms with E-state index < -0.39 is 5.97 Å². The molecule has 0 heterocycles. The Morgan fingerprint density at radius 1 is 1.43 bits per heavy atom. The molecule has 2 saturated carbocycles. The molecule has 0 saturated heterocycles. The molecule has 0 spiro atoms. The Balaban J connectivity index is 2.04. The number of carboxylic acid groups (broad SMARTS) is 1. The van der Waals surface area contributed by atoms with Crippen LogP contribution >= 0.6 is 0 Å². The zero-order valence-electron chi connectivity index (χ0n) is 8.54. The lowest BCUT2D eigenvalue weighted by molar-refractivity contribution is -0.148. The summed E-state index contributed by atoms with van der Waals surface area (Å²) in [5.41, 5.74) is 5.72. The minimum absolute atomic E-state index is 0.0447. The van der Waals surface area contributed by atoms with E-state index in [1.54, 1.807) is 0 Å². The lowest BCUT2D eigenvalue weighted by Gasteiger charge is -2.57. The summed E-state index contributed by atoms with van der Waals surface area (Å²) in [6.45, 7) is 0.556. The van der Waals surface area contributed by atoms with E-state index in [0.717, 1.165) is 12.3 Å². The van der Waals surface area contributed by atoms with Crippen LogP contribution < -0.4 is 5.73 Å². The number of fused-ring (bicyclic) bond motifs is 1. The van der Waals surface area contributed by atoms with Gasteiger partial charge >= 0.3 is 5.97 Å². The van der Waals surface area contributed by atoms with Gasteiger partial charge in [-0.3, -0.25) is 4.79 Å². The lowest BCUT2D eigenvalue weighted by Crippen LogP contribution is -2.54. The first-order valence-electron chi connectivity index (χ1n) is 5.60. The van der Waals surface area contributed by atoms with Crippen LogP contribution in [0.5, 0.6) is 0 Å². The second kappa shape index (κ2) is 3.54. The predicted octanol–water partition coefficient (Wildman–Crippen LogP) is 1.62.